The maximum atomic E-state index is 13.4. The largest absolute Gasteiger partial charge is 0.416 e. The second kappa shape index (κ2) is 7.23. The van der Waals surface area contributed by atoms with Crippen LogP contribution in [0.4, 0.5) is 13.2 Å². The Bertz CT molecular complexity index is 1020. The van der Waals surface area contributed by atoms with E-state index in [0.717, 1.165) is 23.6 Å². The van der Waals surface area contributed by atoms with E-state index in [4.69, 9.17) is 10.7 Å². The number of nitrogens with one attached hydrogen (secondary N) is 3. The van der Waals surface area contributed by atoms with Crippen LogP contribution in [0.3, 0.4) is 0 Å². The van der Waals surface area contributed by atoms with Crippen LogP contribution < -0.4 is 21.5 Å². The Morgan fingerprint density at radius 3 is 2.52 bits per heavy atom. The van der Waals surface area contributed by atoms with Gasteiger partial charge >= 0.3 is 12.0 Å². The van der Waals surface area contributed by atoms with Crippen LogP contribution in [0.25, 0.3) is 0 Å². The zero-order valence-corrected chi connectivity index (χ0v) is 15.6. The maximum absolute atomic E-state index is 13.4. The van der Waals surface area contributed by atoms with Gasteiger partial charge in [-0.2, -0.15) is 13.2 Å². The molecular formula is C20H20F3N6+. The third-order valence-corrected chi connectivity index (χ3v) is 4.93. The normalized spacial score (nSPS) is 20.9. The summed E-state index contributed by atoms with van der Waals surface area (Å²) < 4.78 is 40.2. The lowest BCUT2D eigenvalue weighted by molar-refractivity contribution is -0.520. The first kappa shape index (κ1) is 19.0. The summed E-state index contributed by atoms with van der Waals surface area (Å²) in [5.41, 5.74) is 9.92. The van der Waals surface area contributed by atoms with E-state index in [9.17, 15) is 13.2 Å². The summed E-state index contributed by atoms with van der Waals surface area (Å²) >= 11 is 0. The van der Waals surface area contributed by atoms with Gasteiger partial charge in [-0.25, -0.2) is 15.3 Å². The van der Waals surface area contributed by atoms with Crippen LogP contribution in [0.5, 0.6) is 0 Å². The number of rotatable bonds is 2. The number of halogens is 3. The van der Waals surface area contributed by atoms with Crippen molar-refractivity contribution in [1.82, 2.24) is 10.7 Å². The highest BCUT2D eigenvalue weighted by Gasteiger charge is 2.37. The van der Waals surface area contributed by atoms with Crippen molar-refractivity contribution < 1.29 is 18.2 Å². The highest BCUT2D eigenvalue weighted by molar-refractivity contribution is 6.41. The molecule has 150 valence electrons. The number of fused-ring (bicyclic) bond motifs is 1. The van der Waals surface area contributed by atoms with Crippen LogP contribution in [-0.4, -0.2) is 17.5 Å². The summed E-state index contributed by atoms with van der Waals surface area (Å²) in [7, 11) is 0. The number of aliphatic imine (C=N–C) groups is 1. The molecule has 5 N–H and O–H groups in total. The summed E-state index contributed by atoms with van der Waals surface area (Å²) in [6.45, 7) is 2.05. The molecule has 0 bridgehead atoms. The van der Waals surface area contributed by atoms with Crippen molar-refractivity contribution >= 4 is 17.5 Å². The van der Waals surface area contributed by atoms with E-state index in [1.165, 1.54) is 12.1 Å². The first-order chi connectivity index (χ1) is 13.9. The molecule has 9 heteroatoms. The van der Waals surface area contributed by atoms with Gasteiger partial charge in [0.05, 0.1) is 11.6 Å². The molecule has 0 saturated heterocycles. The van der Waals surface area contributed by atoms with Crippen molar-refractivity contribution in [2.75, 3.05) is 0 Å². The van der Waals surface area contributed by atoms with Crippen LogP contribution in [0.2, 0.25) is 0 Å². The Morgan fingerprint density at radius 1 is 1.10 bits per heavy atom. The fourth-order valence-electron chi connectivity index (χ4n) is 3.52. The molecule has 2 aliphatic rings. The van der Waals surface area contributed by atoms with Crippen molar-refractivity contribution in [1.29, 1.82) is 0 Å². The minimum atomic E-state index is -4.48. The lowest BCUT2D eigenvalue weighted by Crippen LogP contribution is -2.84. The number of hydrazone groups is 1. The molecule has 0 aromatic heterocycles. The van der Waals surface area contributed by atoms with Gasteiger partial charge < -0.3 is 5.73 Å². The van der Waals surface area contributed by atoms with Crippen LogP contribution >= 0.6 is 0 Å². The van der Waals surface area contributed by atoms with E-state index in [1.807, 2.05) is 31.2 Å². The smallest absolute Gasteiger partial charge is 0.375 e. The monoisotopic (exact) mass is 401 g/mol. The molecule has 2 heterocycles. The Kier molecular flexibility index (Phi) is 4.73. The zero-order chi connectivity index (χ0) is 20.6. The highest BCUT2D eigenvalue weighted by Crippen LogP contribution is 2.33. The quantitative estimate of drug-likeness (QED) is 0.616. The minimum absolute atomic E-state index is 0.0238. The molecule has 2 aromatic carbocycles. The third kappa shape index (κ3) is 3.55. The summed E-state index contributed by atoms with van der Waals surface area (Å²) in [6.07, 6.45) is -4.55. The second-order valence-electron chi connectivity index (χ2n) is 6.78. The van der Waals surface area contributed by atoms with Crippen molar-refractivity contribution in [2.24, 2.45) is 15.8 Å². The van der Waals surface area contributed by atoms with E-state index < -0.39 is 17.9 Å². The van der Waals surface area contributed by atoms with Crippen molar-refractivity contribution in [3.63, 3.8) is 0 Å². The first-order valence-corrected chi connectivity index (χ1v) is 9.21. The van der Waals surface area contributed by atoms with E-state index in [-0.39, 0.29) is 17.4 Å². The summed E-state index contributed by atoms with van der Waals surface area (Å²) in [6, 6.07) is 13.2. The molecule has 0 amide bonds. The number of nitrogens with two attached hydrogens (primary N) is 1. The van der Waals surface area contributed by atoms with E-state index in [1.54, 1.807) is 6.07 Å². The number of alkyl halides is 3. The molecule has 0 fully saturated rings. The minimum Gasteiger partial charge on any atom is -0.375 e. The van der Waals surface area contributed by atoms with Gasteiger partial charge in [-0.1, -0.05) is 43.3 Å². The van der Waals surface area contributed by atoms with Gasteiger partial charge in [-0.3, -0.25) is 5.43 Å². The van der Waals surface area contributed by atoms with Gasteiger partial charge in [0.1, 0.15) is 0 Å². The molecule has 2 aromatic rings. The third-order valence-electron chi connectivity index (χ3n) is 4.93. The van der Waals surface area contributed by atoms with Crippen LogP contribution in [-0.2, 0) is 6.18 Å². The van der Waals surface area contributed by atoms with Crippen LogP contribution in [0.1, 0.15) is 47.8 Å². The lowest BCUT2D eigenvalue weighted by Gasteiger charge is -2.20. The Balaban J connectivity index is 1.67. The van der Waals surface area contributed by atoms with E-state index in [2.05, 4.69) is 20.8 Å². The fraction of sp³-hybridized carbons (Fsp3) is 0.250. The number of nitrogens with zero attached hydrogens (tertiary/aromatic N) is 2. The second-order valence-corrected chi connectivity index (χ2v) is 6.78. The maximum Gasteiger partial charge on any atom is 0.416 e. The molecule has 2 unspecified atom stereocenters. The number of hydrogen-bond donors (Lipinski definition) is 4. The van der Waals surface area contributed by atoms with E-state index in [0.29, 0.717) is 11.7 Å². The molecule has 2 aliphatic heterocycles. The van der Waals surface area contributed by atoms with Crippen molar-refractivity contribution in [3.05, 3.63) is 70.8 Å². The zero-order valence-electron chi connectivity index (χ0n) is 15.6. The Hall–Kier alpha value is -3.36. The molecule has 4 rings (SSSR count). The van der Waals surface area contributed by atoms with Crippen LogP contribution in [0.15, 0.2) is 58.6 Å². The summed E-state index contributed by atoms with van der Waals surface area (Å²) in [5, 5.41) is 7.11. The fourth-order valence-corrected chi connectivity index (χ4v) is 3.52. The number of amidine groups is 3. The molecule has 0 aliphatic carbocycles. The van der Waals surface area contributed by atoms with Gasteiger partial charge in [-0.05, 0) is 24.1 Å². The van der Waals surface area contributed by atoms with Crippen LogP contribution in [0, 0.1) is 0 Å². The lowest BCUT2D eigenvalue weighted by atomic mass is 10.0. The standard InChI is InChI=1S/C20H19F3N6/c1-2-15-11-7-3-4-8-12(11)17(25-15)26-19-16(24)28-29-18(27-19)13-9-5-6-10-14(13)20(21,22)23/h3-10,15,18,29H,2H2,1H3,(H2,24,28)(H,25,26,27)/p+1. The van der Waals surface area contributed by atoms with E-state index >= 15 is 0 Å². The SMILES string of the molecule is CCC1N=C(NC2=[NH+]C(c3ccccc3C(F)(F)F)NN=C2N)c2ccccc21. The predicted molar refractivity (Wildman–Crippen MR) is 104 cm³/mol. The summed E-state index contributed by atoms with van der Waals surface area (Å²) in [4.78, 5) is 7.67. The molecular weight excluding hydrogens is 381 g/mol. The molecule has 29 heavy (non-hydrogen) atoms. The number of hydrogen-bond acceptors (Lipinski definition) is 5. The van der Waals surface area contributed by atoms with Crippen molar-refractivity contribution in [3.8, 4) is 0 Å². The summed E-state index contributed by atoms with van der Waals surface area (Å²) in [5.74, 6) is 1.01. The predicted octanol–water partition coefficient (Wildman–Crippen LogP) is 1.56. The van der Waals surface area contributed by atoms with Crippen molar-refractivity contribution in [2.45, 2.75) is 31.7 Å². The van der Waals surface area contributed by atoms with Gasteiger partial charge in [0.2, 0.25) is 17.8 Å². The van der Waals surface area contributed by atoms with Gasteiger partial charge in [0.15, 0.2) is 0 Å². The topological polar surface area (TPSA) is 88.8 Å². The Labute approximate surface area is 165 Å². The molecule has 0 saturated carbocycles. The Morgan fingerprint density at radius 2 is 1.79 bits per heavy atom. The molecule has 6 nitrogen and oxygen atoms in total. The molecule has 0 radical (unpaired) electrons. The molecule has 2 atom stereocenters. The molecule has 0 spiro atoms. The average Bonchev–Trinajstić information content (AvgIpc) is 3.07. The first-order valence-electron chi connectivity index (χ1n) is 9.21. The highest BCUT2D eigenvalue weighted by atomic mass is 19.4. The van der Waals surface area contributed by atoms with Gasteiger partial charge in [0.25, 0.3) is 0 Å². The van der Waals surface area contributed by atoms with Gasteiger partial charge in [0, 0.05) is 11.1 Å². The number of benzene rings is 2. The average molecular weight is 401 g/mol. The van der Waals surface area contributed by atoms with Gasteiger partial charge in [-0.15, -0.1) is 5.10 Å².